The van der Waals surface area contributed by atoms with Gasteiger partial charge in [0.05, 0.1) is 3.57 Å². The summed E-state index contributed by atoms with van der Waals surface area (Å²) in [4.78, 5) is 8.51. The predicted octanol–water partition coefficient (Wildman–Crippen LogP) is 2.74. The lowest BCUT2D eigenvalue weighted by Crippen LogP contribution is -2.06. The second-order valence-electron chi connectivity index (χ2n) is 3.48. The number of nitrogens with zero attached hydrogens (tertiary/aromatic N) is 2. The average Bonchev–Trinajstić information content (AvgIpc) is 2.39. The number of hydrogen-bond donors (Lipinski definition) is 2. The van der Waals surface area contributed by atoms with E-state index in [0.29, 0.717) is 5.95 Å². The van der Waals surface area contributed by atoms with E-state index in [4.69, 9.17) is 0 Å². The molecule has 0 aliphatic rings. The minimum Gasteiger partial charge on any atom is -0.365 e. The highest BCUT2D eigenvalue weighted by atomic mass is 127. The quantitative estimate of drug-likeness (QED) is 0.841. The molecule has 2 N–H and O–H groups in total. The van der Waals surface area contributed by atoms with Gasteiger partial charge in [0.25, 0.3) is 0 Å². The van der Waals surface area contributed by atoms with E-state index in [9.17, 15) is 0 Å². The fraction of sp³-hybridized carbons (Fsp3) is 0.167. The van der Waals surface area contributed by atoms with E-state index < -0.39 is 0 Å². The highest BCUT2D eigenvalue weighted by molar-refractivity contribution is 14.1. The third kappa shape index (κ3) is 3.29. The summed E-state index contributed by atoms with van der Waals surface area (Å²) >= 11 is 2.22. The lowest BCUT2D eigenvalue weighted by Gasteiger charge is -2.08. The van der Waals surface area contributed by atoms with Gasteiger partial charge in [0.2, 0.25) is 5.95 Å². The zero-order valence-electron chi connectivity index (χ0n) is 9.44. The van der Waals surface area contributed by atoms with Crippen LogP contribution in [0, 0.1) is 3.57 Å². The van der Waals surface area contributed by atoms with Crippen molar-refractivity contribution in [2.45, 2.75) is 6.54 Å². The second-order valence-corrected chi connectivity index (χ2v) is 4.64. The number of benzene rings is 1. The van der Waals surface area contributed by atoms with Gasteiger partial charge in [-0.3, -0.25) is 0 Å². The van der Waals surface area contributed by atoms with Crippen molar-refractivity contribution in [3.05, 3.63) is 45.7 Å². The standard InChI is InChI=1S/C12H13IN4/c1-14-12-16-8-10(13)11(17-12)15-7-9-5-3-2-4-6-9/h2-6,8H,7H2,1H3,(H2,14,15,16,17). The summed E-state index contributed by atoms with van der Waals surface area (Å²) in [6.45, 7) is 0.761. The molecule has 1 aromatic carbocycles. The Hall–Kier alpha value is -1.37. The van der Waals surface area contributed by atoms with Crippen molar-refractivity contribution in [2.75, 3.05) is 17.7 Å². The number of anilines is 2. The molecule has 0 unspecified atom stereocenters. The number of aromatic nitrogens is 2. The molecule has 4 nitrogen and oxygen atoms in total. The molecule has 17 heavy (non-hydrogen) atoms. The Kier molecular flexibility index (Phi) is 4.13. The van der Waals surface area contributed by atoms with Crippen molar-refractivity contribution in [3.8, 4) is 0 Å². The minimum atomic E-state index is 0.626. The van der Waals surface area contributed by atoms with Crippen molar-refractivity contribution in [3.63, 3.8) is 0 Å². The molecule has 0 amide bonds. The fourth-order valence-corrected chi connectivity index (χ4v) is 1.84. The monoisotopic (exact) mass is 340 g/mol. The van der Waals surface area contributed by atoms with E-state index in [1.54, 1.807) is 6.20 Å². The van der Waals surface area contributed by atoms with Crippen molar-refractivity contribution in [2.24, 2.45) is 0 Å². The van der Waals surface area contributed by atoms with Crippen molar-refractivity contribution < 1.29 is 0 Å². The van der Waals surface area contributed by atoms with Crippen LogP contribution in [-0.2, 0) is 6.54 Å². The molecule has 1 aromatic heterocycles. The first-order valence-electron chi connectivity index (χ1n) is 5.27. The molecule has 0 saturated carbocycles. The molecule has 0 fully saturated rings. The van der Waals surface area contributed by atoms with Gasteiger partial charge in [0.15, 0.2) is 0 Å². The van der Waals surface area contributed by atoms with Crippen LogP contribution in [0.25, 0.3) is 0 Å². The van der Waals surface area contributed by atoms with Gasteiger partial charge in [-0.2, -0.15) is 4.98 Å². The highest BCUT2D eigenvalue weighted by Gasteiger charge is 2.03. The molecule has 0 atom stereocenters. The molecular weight excluding hydrogens is 327 g/mol. The van der Waals surface area contributed by atoms with Crippen LogP contribution in [-0.4, -0.2) is 17.0 Å². The number of rotatable bonds is 4. The summed E-state index contributed by atoms with van der Waals surface area (Å²) in [5, 5.41) is 6.23. The Morgan fingerprint density at radius 2 is 2.00 bits per heavy atom. The predicted molar refractivity (Wildman–Crippen MR) is 78.1 cm³/mol. The third-order valence-electron chi connectivity index (χ3n) is 2.27. The van der Waals surface area contributed by atoms with Gasteiger partial charge in [-0.1, -0.05) is 30.3 Å². The molecule has 0 spiro atoms. The van der Waals surface area contributed by atoms with E-state index in [-0.39, 0.29) is 0 Å². The first-order valence-corrected chi connectivity index (χ1v) is 6.35. The Labute approximate surface area is 114 Å². The number of halogens is 1. The maximum absolute atomic E-state index is 4.37. The molecule has 0 aliphatic heterocycles. The maximum Gasteiger partial charge on any atom is 0.224 e. The summed E-state index contributed by atoms with van der Waals surface area (Å²) in [6.07, 6.45) is 1.80. The Morgan fingerprint density at radius 1 is 1.24 bits per heavy atom. The molecule has 0 saturated heterocycles. The zero-order valence-corrected chi connectivity index (χ0v) is 11.6. The van der Waals surface area contributed by atoms with E-state index in [2.05, 4.69) is 55.3 Å². The van der Waals surface area contributed by atoms with Gasteiger partial charge in [0, 0.05) is 19.8 Å². The highest BCUT2D eigenvalue weighted by Crippen LogP contribution is 2.16. The van der Waals surface area contributed by atoms with Crippen molar-refractivity contribution in [1.29, 1.82) is 0 Å². The molecule has 5 heteroatoms. The lowest BCUT2D eigenvalue weighted by molar-refractivity contribution is 1.07. The summed E-state index contributed by atoms with van der Waals surface area (Å²) in [5.74, 6) is 1.48. The summed E-state index contributed by atoms with van der Waals surface area (Å²) < 4.78 is 1.01. The molecular formula is C12H13IN4. The van der Waals surface area contributed by atoms with Gasteiger partial charge in [-0.05, 0) is 28.2 Å². The van der Waals surface area contributed by atoms with Gasteiger partial charge >= 0.3 is 0 Å². The molecule has 2 aromatic rings. The van der Waals surface area contributed by atoms with Crippen LogP contribution in [0.15, 0.2) is 36.5 Å². The zero-order chi connectivity index (χ0) is 12.1. The molecule has 1 heterocycles. The molecule has 0 radical (unpaired) electrons. The minimum absolute atomic E-state index is 0.626. The average molecular weight is 340 g/mol. The van der Waals surface area contributed by atoms with Crippen molar-refractivity contribution in [1.82, 2.24) is 9.97 Å². The van der Waals surface area contributed by atoms with E-state index in [1.165, 1.54) is 5.56 Å². The fourth-order valence-electron chi connectivity index (χ4n) is 1.39. The summed E-state index contributed by atoms with van der Waals surface area (Å²) in [7, 11) is 1.81. The van der Waals surface area contributed by atoms with Crippen LogP contribution < -0.4 is 10.6 Å². The SMILES string of the molecule is CNc1ncc(I)c(NCc2ccccc2)n1. The van der Waals surface area contributed by atoms with Gasteiger partial charge < -0.3 is 10.6 Å². The molecule has 2 rings (SSSR count). The van der Waals surface area contributed by atoms with E-state index in [1.807, 2.05) is 25.2 Å². The van der Waals surface area contributed by atoms with E-state index in [0.717, 1.165) is 15.9 Å². The van der Waals surface area contributed by atoms with Crippen LogP contribution >= 0.6 is 22.6 Å². The second kappa shape index (κ2) is 5.81. The van der Waals surface area contributed by atoms with Gasteiger partial charge in [-0.15, -0.1) is 0 Å². The molecule has 88 valence electrons. The maximum atomic E-state index is 4.37. The normalized spacial score (nSPS) is 10.0. The first kappa shape index (κ1) is 12.1. The Morgan fingerprint density at radius 3 is 2.71 bits per heavy atom. The largest absolute Gasteiger partial charge is 0.365 e. The summed E-state index contributed by atoms with van der Waals surface area (Å²) in [5.41, 5.74) is 1.23. The molecule has 0 bridgehead atoms. The Balaban J connectivity index is 2.08. The topological polar surface area (TPSA) is 49.8 Å². The lowest BCUT2D eigenvalue weighted by atomic mass is 10.2. The molecule has 0 aliphatic carbocycles. The number of nitrogens with one attached hydrogen (secondary N) is 2. The van der Waals surface area contributed by atoms with Crippen molar-refractivity contribution >= 4 is 34.4 Å². The first-order chi connectivity index (χ1) is 8.29. The Bertz CT molecular complexity index is 487. The van der Waals surface area contributed by atoms with Crippen LogP contribution in [0.1, 0.15) is 5.56 Å². The number of hydrogen-bond acceptors (Lipinski definition) is 4. The van der Waals surface area contributed by atoms with E-state index >= 15 is 0 Å². The van der Waals surface area contributed by atoms with Gasteiger partial charge in [0.1, 0.15) is 5.82 Å². The third-order valence-corrected chi connectivity index (χ3v) is 3.06. The van der Waals surface area contributed by atoms with Crippen LogP contribution in [0.2, 0.25) is 0 Å². The van der Waals surface area contributed by atoms with Gasteiger partial charge in [-0.25, -0.2) is 4.98 Å². The smallest absolute Gasteiger partial charge is 0.224 e. The van der Waals surface area contributed by atoms with Crippen LogP contribution in [0.5, 0.6) is 0 Å². The van der Waals surface area contributed by atoms with Crippen LogP contribution in [0.3, 0.4) is 0 Å². The van der Waals surface area contributed by atoms with Crippen LogP contribution in [0.4, 0.5) is 11.8 Å². The summed E-state index contributed by atoms with van der Waals surface area (Å²) in [6, 6.07) is 10.2.